The first-order valence-electron chi connectivity index (χ1n) is 6.92. The van der Waals surface area contributed by atoms with Crippen LogP contribution in [-0.4, -0.2) is 38.8 Å². The van der Waals surface area contributed by atoms with Crippen LogP contribution in [0.1, 0.15) is 12.5 Å². The number of ether oxygens (including phenoxy) is 2. The van der Waals surface area contributed by atoms with Crippen LogP contribution in [0.25, 0.3) is 0 Å². The average Bonchev–Trinajstić information content (AvgIpc) is 2.89. The van der Waals surface area contributed by atoms with E-state index in [2.05, 4.69) is 10.6 Å². The minimum absolute atomic E-state index is 0.0318. The zero-order valence-electron chi connectivity index (χ0n) is 12.2. The SMILES string of the molecule is CCNC1COCC1C(=O)Nc1ccc(C)cc1OC. The van der Waals surface area contributed by atoms with Crippen molar-refractivity contribution in [1.82, 2.24) is 5.32 Å². The number of hydrogen-bond donors (Lipinski definition) is 2. The number of methoxy groups -OCH3 is 1. The predicted octanol–water partition coefficient (Wildman–Crippen LogP) is 1.57. The molecule has 1 heterocycles. The third-order valence-electron chi connectivity index (χ3n) is 3.50. The number of nitrogens with one attached hydrogen (secondary N) is 2. The number of amides is 1. The van der Waals surface area contributed by atoms with Crippen LogP contribution in [0.5, 0.6) is 5.75 Å². The van der Waals surface area contributed by atoms with E-state index >= 15 is 0 Å². The molecule has 5 heteroatoms. The Morgan fingerprint density at radius 1 is 1.45 bits per heavy atom. The quantitative estimate of drug-likeness (QED) is 0.858. The van der Waals surface area contributed by atoms with Gasteiger partial charge >= 0.3 is 0 Å². The topological polar surface area (TPSA) is 59.6 Å². The first-order chi connectivity index (χ1) is 9.65. The maximum atomic E-state index is 12.4. The van der Waals surface area contributed by atoms with Gasteiger partial charge in [-0.05, 0) is 31.2 Å². The van der Waals surface area contributed by atoms with Crippen molar-refractivity contribution in [3.8, 4) is 5.75 Å². The third-order valence-corrected chi connectivity index (χ3v) is 3.50. The van der Waals surface area contributed by atoms with Gasteiger partial charge in [-0.3, -0.25) is 4.79 Å². The molecule has 110 valence electrons. The first kappa shape index (κ1) is 14.8. The van der Waals surface area contributed by atoms with Crippen molar-refractivity contribution in [3.05, 3.63) is 23.8 Å². The minimum atomic E-state index is -0.166. The second-order valence-corrected chi connectivity index (χ2v) is 5.00. The van der Waals surface area contributed by atoms with Gasteiger partial charge in [0.25, 0.3) is 0 Å². The Labute approximate surface area is 119 Å². The lowest BCUT2D eigenvalue weighted by Crippen LogP contribution is -2.41. The Bertz CT molecular complexity index is 476. The fraction of sp³-hybridized carbons (Fsp3) is 0.533. The molecule has 0 radical (unpaired) electrons. The summed E-state index contributed by atoms with van der Waals surface area (Å²) >= 11 is 0. The van der Waals surface area contributed by atoms with Crippen LogP contribution in [0.3, 0.4) is 0 Å². The number of benzene rings is 1. The Kier molecular flexibility index (Phi) is 4.98. The van der Waals surface area contributed by atoms with Crippen molar-refractivity contribution in [1.29, 1.82) is 0 Å². The Morgan fingerprint density at radius 3 is 2.95 bits per heavy atom. The smallest absolute Gasteiger partial charge is 0.231 e. The fourth-order valence-electron chi connectivity index (χ4n) is 2.40. The van der Waals surface area contributed by atoms with Gasteiger partial charge in [-0.25, -0.2) is 0 Å². The van der Waals surface area contributed by atoms with E-state index in [1.807, 2.05) is 32.0 Å². The van der Waals surface area contributed by atoms with E-state index in [1.54, 1.807) is 7.11 Å². The number of rotatable bonds is 5. The van der Waals surface area contributed by atoms with Crippen LogP contribution in [0.2, 0.25) is 0 Å². The van der Waals surface area contributed by atoms with Crippen molar-refractivity contribution in [2.45, 2.75) is 19.9 Å². The molecule has 5 nitrogen and oxygen atoms in total. The van der Waals surface area contributed by atoms with Crippen LogP contribution in [0.15, 0.2) is 18.2 Å². The lowest BCUT2D eigenvalue weighted by atomic mass is 10.0. The fourth-order valence-corrected chi connectivity index (χ4v) is 2.40. The summed E-state index contributed by atoms with van der Waals surface area (Å²) in [6.07, 6.45) is 0. The highest BCUT2D eigenvalue weighted by Crippen LogP contribution is 2.26. The highest BCUT2D eigenvalue weighted by atomic mass is 16.5. The number of carbonyl (C=O) groups excluding carboxylic acids is 1. The Balaban J connectivity index is 2.07. The van der Waals surface area contributed by atoms with E-state index in [0.29, 0.717) is 24.7 Å². The van der Waals surface area contributed by atoms with Crippen molar-refractivity contribution in [3.63, 3.8) is 0 Å². The van der Waals surface area contributed by atoms with Crippen LogP contribution in [0, 0.1) is 12.8 Å². The summed E-state index contributed by atoms with van der Waals surface area (Å²) in [6.45, 7) is 5.87. The molecule has 1 aliphatic rings. The highest BCUT2D eigenvalue weighted by Gasteiger charge is 2.33. The second kappa shape index (κ2) is 6.72. The van der Waals surface area contributed by atoms with E-state index in [-0.39, 0.29) is 17.9 Å². The molecule has 2 atom stereocenters. The molecule has 1 aromatic carbocycles. The molecule has 2 rings (SSSR count). The summed E-state index contributed by atoms with van der Waals surface area (Å²) in [4.78, 5) is 12.4. The summed E-state index contributed by atoms with van der Waals surface area (Å²) in [5, 5.41) is 6.22. The van der Waals surface area contributed by atoms with Crippen LogP contribution >= 0.6 is 0 Å². The van der Waals surface area contributed by atoms with E-state index < -0.39 is 0 Å². The maximum Gasteiger partial charge on any atom is 0.231 e. The van der Waals surface area contributed by atoms with Gasteiger partial charge in [-0.1, -0.05) is 13.0 Å². The molecule has 0 spiro atoms. The summed E-state index contributed by atoms with van der Waals surface area (Å²) in [5.74, 6) is 0.480. The third kappa shape index (κ3) is 3.29. The van der Waals surface area contributed by atoms with Crippen molar-refractivity contribution in [2.24, 2.45) is 5.92 Å². The van der Waals surface area contributed by atoms with Crippen molar-refractivity contribution >= 4 is 11.6 Å². The highest BCUT2D eigenvalue weighted by molar-refractivity contribution is 5.94. The number of aryl methyl sites for hydroxylation is 1. The van der Waals surface area contributed by atoms with E-state index in [9.17, 15) is 4.79 Å². The summed E-state index contributed by atoms with van der Waals surface area (Å²) in [6, 6.07) is 5.80. The molecular weight excluding hydrogens is 256 g/mol. The zero-order chi connectivity index (χ0) is 14.5. The average molecular weight is 278 g/mol. The van der Waals surface area contributed by atoms with Gasteiger partial charge in [-0.15, -0.1) is 0 Å². The van der Waals surface area contributed by atoms with Gasteiger partial charge in [-0.2, -0.15) is 0 Å². The predicted molar refractivity (Wildman–Crippen MR) is 78.1 cm³/mol. The molecule has 0 aromatic heterocycles. The summed E-state index contributed by atoms with van der Waals surface area (Å²) in [5.41, 5.74) is 1.79. The van der Waals surface area contributed by atoms with Gasteiger partial charge in [0.05, 0.1) is 31.9 Å². The van der Waals surface area contributed by atoms with Gasteiger partial charge < -0.3 is 20.1 Å². The largest absolute Gasteiger partial charge is 0.495 e. The van der Waals surface area contributed by atoms with Crippen LogP contribution in [0.4, 0.5) is 5.69 Å². The first-order valence-corrected chi connectivity index (χ1v) is 6.92. The van der Waals surface area contributed by atoms with Gasteiger partial charge in [0.15, 0.2) is 0 Å². The van der Waals surface area contributed by atoms with E-state index in [0.717, 1.165) is 12.1 Å². The molecule has 1 saturated heterocycles. The van der Waals surface area contributed by atoms with E-state index in [4.69, 9.17) is 9.47 Å². The molecule has 1 aliphatic heterocycles. The lowest BCUT2D eigenvalue weighted by Gasteiger charge is -2.18. The monoisotopic (exact) mass is 278 g/mol. The normalized spacial score (nSPS) is 21.8. The van der Waals surface area contributed by atoms with Gasteiger partial charge in [0, 0.05) is 6.04 Å². The number of anilines is 1. The number of carbonyl (C=O) groups is 1. The molecule has 2 unspecified atom stereocenters. The molecule has 0 aliphatic carbocycles. The van der Waals surface area contributed by atoms with Gasteiger partial charge in [0.1, 0.15) is 5.75 Å². The summed E-state index contributed by atoms with van der Waals surface area (Å²) in [7, 11) is 1.60. The zero-order valence-corrected chi connectivity index (χ0v) is 12.2. The molecular formula is C15H22N2O3. The van der Waals surface area contributed by atoms with Gasteiger partial charge in [0.2, 0.25) is 5.91 Å². The molecule has 1 aromatic rings. The maximum absolute atomic E-state index is 12.4. The molecule has 1 fully saturated rings. The van der Waals surface area contributed by atoms with Crippen molar-refractivity contribution in [2.75, 3.05) is 32.2 Å². The minimum Gasteiger partial charge on any atom is -0.495 e. The summed E-state index contributed by atoms with van der Waals surface area (Å²) < 4.78 is 10.7. The van der Waals surface area contributed by atoms with Crippen LogP contribution in [-0.2, 0) is 9.53 Å². The molecule has 1 amide bonds. The van der Waals surface area contributed by atoms with Crippen LogP contribution < -0.4 is 15.4 Å². The molecule has 0 bridgehead atoms. The number of likely N-dealkylation sites (N-methyl/N-ethyl adjacent to an activating group) is 1. The Hall–Kier alpha value is -1.59. The molecule has 0 saturated carbocycles. The molecule has 20 heavy (non-hydrogen) atoms. The second-order valence-electron chi connectivity index (χ2n) is 5.00. The lowest BCUT2D eigenvalue weighted by molar-refractivity contribution is -0.120. The molecule has 2 N–H and O–H groups in total. The standard InChI is InChI=1S/C15H22N2O3/c1-4-16-13-9-20-8-11(13)15(18)17-12-6-5-10(2)7-14(12)19-3/h5-7,11,13,16H,4,8-9H2,1-3H3,(H,17,18). The van der Waals surface area contributed by atoms with Crippen molar-refractivity contribution < 1.29 is 14.3 Å². The number of hydrogen-bond acceptors (Lipinski definition) is 4. The van der Waals surface area contributed by atoms with E-state index in [1.165, 1.54) is 0 Å². The Morgan fingerprint density at radius 2 is 2.25 bits per heavy atom.